The summed E-state index contributed by atoms with van der Waals surface area (Å²) < 4.78 is 10.9. The fourth-order valence-corrected chi connectivity index (χ4v) is 2.70. The van der Waals surface area contributed by atoms with E-state index in [0.29, 0.717) is 35.8 Å². The molecule has 0 atom stereocenters. The zero-order chi connectivity index (χ0) is 21.9. The van der Waals surface area contributed by atoms with Crippen molar-refractivity contribution in [3.8, 4) is 0 Å². The van der Waals surface area contributed by atoms with Gasteiger partial charge >= 0.3 is 0 Å². The van der Waals surface area contributed by atoms with Crippen LogP contribution in [-0.2, 0) is 9.59 Å². The van der Waals surface area contributed by atoms with E-state index >= 15 is 0 Å². The third-order valence-electron chi connectivity index (χ3n) is 4.45. The molecule has 0 saturated heterocycles. The van der Waals surface area contributed by atoms with Crippen LogP contribution in [0, 0.1) is 13.8 Å². The van der Waals surface area contributed by atoms with Gasteiger partial charge in [0.2, 0.25) is 11.8 Å². The molecule has 0 aromatic carbocycles. The van der Waals surface area contributed by atoms with Gasteiger partial charge in [0.05, 0.1) is 0 Å². The molecule has 0 unspecified atom stereocenters. The normalized spacial score (nSPS) is 12.1. The van der Waals surface area contributed by atoms with Gasteiger partial charge in [-0.3, -0.25) is 9.59 Å². The Hall–Kier alpha value is -3.16. The molecule has 0 aliphatic rings. The average molecular weight is 415 g/mol. The Labute approximate surface area is 176 Å². The van der Waals surface area contributed by atoms with E-state index in [1.54, 1.807) is 13.8 Å². The molecule has 0 fully saturated rings. The number of rotatable bonds is 11. The summed E-state index contributed by atoms with van der Waals surface area (Å²) >= 11 is 0. The van der Waals surface area contributed by atoms with Crippen LogP contribution in [0.15, 0.2) is 43.3 Å². The molecule has 0 bridgehead atoms. The molecule has 8 heteroatoms. The highest BCUT2D eigenvalue weighted by Crippen LogP contribution is 2.09. The molecule has 2 N–H and O–H groups in total. The van der Waals surface area contributed by atoms with Crippen LogP contribution in [0.3, 0.4) is 0 Å². The van der Waals surface area contributed by atoms with Crippen LogP contribution in [0.2, 0.25) is 0 Å². The highest BCUT2D eigenvalue weighted by atomic mass is 16.3. The van der Waals surface area contributed by atoms with E-state index < -0.39 is 0 Å². The van der Waals surface area contributed by atoms with Gasteiger partial charge in [0.25, 0.3) is 0 Å². The van der Waals surface area contributed by atoms with Crippen molar-refractivity contribution in [3.63, 3.8) is 0 Å². The molecule has 2 rings (SSSR count). The summed E-state index contributed by atoms with van der Waals surface area (Å²) in [5, 5.41) is 8.11. The minimum Gasteiger partial charge on any atom is -0.460 e. The van der Waals surface area contributed by atoms with Crippen LogP contribution in [0.25, 0.3) is 0 Å². The van der Waals surface area contributed by atoms with Gasteiger partial charge in [-0.2, -0.15) is 10.2 Å². The van der Waals surface area contributed by atoms with Crippen molar-refractivity contribution >= 4 is 23.2 Å². The fraction of sp³-hybridized carbons (Fsp3) is 0.455. The number of carbonyl (C=O) groups excluding carboxylic acids is 2. The third-order valence-corrected chi connectivity index (χ3v) is 4.45. The molecule has 2 heterocycles. The molecule has 0 saturated carbocycles. The standard InChI is InChI=1S/C22H30N4O4/c1-15-11-13-19(29-15)17(3)23-25-21(27)9-7-5-6-8-10-22(28)26-24-18(4)20-14-12-16(2)30-20/h11-14H,5-10H2,1-4H3,(H,25,27)(H,26,28)/b23-17+,24-18+. The molecular weight excluding hydrogens is 384 g/mol. The maximum atomic E-state index is 11.9. The number of furan rings is 2. The maximum Gasteiger partial charge on any atom is 0.240 e. The summed E-state index contributed by atoms with van der Waals surface area (Å²) in [5.41, 5.74) is 6.34. The van der Waals surface area contributed by atoms with Crippen LogP contribution < -0.4 is 10.9 Å². The molecule has 0 aliphatic carbocycles. The summed E-state index contributed by atoms with van der Waals surface area (Å²) in [4.78, 5) is 23.7. The molecule has 8 nitrogen and oxygen atoms in total. The molecule has 0 aliphatic heterocycles. The Morgan fingerprint density at radius 2 is 1.13 bits per heavy atom. The number of hydrazone groups is 2. The lowest BCUT2D eigenvalue weighted by atomic mass is 10.1. The van der Waals surface area contributed by atoms with Crippen molar-refractivity contribution in [3.05, 3.63) is 47.3 Å². The highest BCUT2D eigenvalue weighted by Gasteiger charge is 2.06. The Balaban J connectivity index is 1.54. The molecule has 30 heavy (non-hydrogen) atoms. The van der Waals surface area contributed by atoms with Crippen molar-refractivity contribution in [2.75, 3.05) is 0 Å². The first-order chi connectivity index (χ1) is 14.3. The van der Waals surface area contributed by atoms with Gasteiger partial charge in [-0.1, -0.05) is 12.8 Å². The lowest BCUT2D eigenvalue weighted by Crippen LogP contribution is -2.19. The molecule has 0 radical (unpaired) electrons. The number of aryl methyl sites for hydroxylation is 2. The molecule has 2 amide bonds. The van der Waals surface area contributed by atoms with Gasteiger partial charge < -0.3 is 8.83 Å². The summed E-state index contributed by atoms with van der Waals surface area (Å²) in [6.45, 7) is 7.28. The molecular formula is C22H30N4O4. The Morgan fingerprint density at radius 1 is 0.733 bits per heavy atom. The van der Waals surface area contributed by atoms with Crippen molar-refractivity contribution in [1.29, 1.82) is 0 Å². The molecule has 2 aromatic heterocycles. The third kappa shape index (κ3) is 8.06. The van der Waals surface area contributed by atoms with Gasteiger partial charge in [0.15, 0.2) is 0 Å². The Morgan fingerprint density at radius 3 is 1.47 bits per heavy atom. The van der Waals surface area contributed by atoms with E-state index in [1.165, 1.54) is 0 Å². The van der Waals surface area contributed by atoms with Crippen LogP contribution in [0.4, 0.5) is 0 Å². The van der Waals surface area contributed by atoms with E-state index in [2.05, 4.69) is 21.1 Å². The first-order valence-electron chi connectivity index (χ1n) is 10.1. The molecule has 0 spiro atoms. The second-order valence-corrected chi connectivity index (χ2v) is 7.20. The van der Waals surface area contributed by atoms with Gasteiger partial charge in [0.1, 0.15) is 34.5 Å². The largest absolute Gasteiger partial charge is 0.460 e. The lowest BCUT2D eigenvalue weighted by Gasteiger charge is -2.03. The zero-order valence-electron chi connectivity index (χ0n) is 18.1. The van der Waals surface area contributed by atoms with E-state index in [4.69, 9.17) is 8.83 Å². The van der Waals surface area contributed by atoms with Gasteiger partial charge in [0, 0.05) is 12.8 Å². The first-order valence-corrected chi connectivity index (χ1v) is 10.1. The number of nitrogens with zero attached hydrogens (tertiary/aromatic N) is 2. The Bertz CT molecular complexity index is 834. The number of carbonyl (C=O) groups is 2. The van der Waals surface area contributed by atoms with Crippen LogP contribution in [0.5, 0.6) is 0 Å². The van der Waals surface area contributed by atoms with Crippen molar-refractivity contribution < 1.29 is 18.4 Å². The SMILES string of the molecule is C/C(=N\NC(=O)CCCCCCC(=O)N/N=C(\C)c1ccc(C)o1)c1ccc(C)o1. The smallest absolute Gasteiger partial charge is 0.240 e. The first kappa shape index (κ1) is 23.1. The fourth-order valence-electron chi connectivity index (χ4n) is 2.70. The summed E-state index contributed by atoms with van der Waals surface area (Å²) in [6, 6.07) is 7.34. The van der Waals surface area contributed by atoms with E-state index in [-0.39, 0.29) is 11.8 Å². The minimum atomic E-state index is -0.131. The van der Waals surface area contributed by atoms with E-state index in [0.717, 1.165) is 37.2 Å². The van der Waals surface area contributed by atoms with E-state index in [9.17, 15) is 9.59 Å². The van der Waals surface area contributed by atoms with Crippen molar-refractivity contribution in [2.45, 2.75) is 66.2 Å². The van der Waals surface area contributed by atoms with Crippen LogP contribution in [0.1, 0.15) is 75.4 Å². The topological polar surface area (TPSA) is 109 Å². The van der Waals surface area contributed by atoms with Gasteiger partial charge in [-0.15, -0.1) is 0 Å². The van der Waals surface area contributed by atoms with Crippen molar-refractivity contribution in [1.82, 2.24) is 10.9 Å². The minimum absolute atomic E-state index is 0.131. The average Bonchev–Trinajstić information content (AvgIpc) is 3.35. The number of nitrogens with one attached hydrogen (secondary N) is 2. The van der Waals surface area contributed by atoms with Crippen molar-refractivity contribution in [2.24, 2.45) is 10.2 Å². The van der Waals surface area contributed by atoms with Crippen LogP contribution in [-0.4, -0.2) is 23.2 Å². The maximum absolute atomic E-state index is 11.9. The van der Waals surface area contributed by atoms with Crippen LogP contribution >= 0.6 is 0 Å². The Kier molecular flexibility index (Phi) is 9.05. The van der Waals surface area contributed by atoms with E-state index in [1.807, 2.05) is 38.1 Å². The molecule has 2 aromatic rings. The zero-order valence-corrected chi connectivity index (χ0v) is 18.1. The summed E-state index contributed by atoms with van der Waals surface area (Å²) in [7, 11) is 0. The van der Waals surface area contributed by atoms with Gasteiger partial charge in [-0.05, 0) is 64.8 Å². The number of unbranched alkanes of at least 4 members (excludes halogenated alkanes) is 3. The number of hydrogen-bond acceptors (Lipinski definition) is 6. The molecule has 162 valence electrons. The highest BCUT2D eigenvalue weighted by molar-refractivity contribution is 5.97. The number of amides is 2. The summed E-state index contributed by atoms with van der Waals surface area (Å²) in [6.07, 6.45) is 4.02. The second kappa shape index (κ2) is 11.7. The lowest BCUT2D eigenvalue weighted by molar-refractivity contribution is -0.122. The second-order valence-electron chi connectivity index (χ2n) is 7.20. The monoisotopic (exact) mass is 414 g/mol. The summed E-state index contributed by atoms with van der Waals surface area (Å²) in [5.74, 6) is 2.62. The predicted octanol–water partition coefficient (Wildman–Crippen LogP) is 4.21. The predicted molar refractivity (Wildman–Crippen MR) is 115 cm³/mol. The quantitative estimate of drug-likeness (QED) is 0.326. The van der Waals surface area contributed by atoms with Gasteiger partial charge in [-0.25, -0.2) is 10.9 Å². The number of hydrogen-bond donors (Lipinski definition) is 2.